The number of nitrogens with zero attached hydrogens (tertiary/aromatic N) is 1. The van der Waals surface area contributed by atoms with Crippen molar-refractivity contribution < 1.29 is 15.0 Å². The Labute approximate surface area is 84.5 Å². The number of carbonyl (C=O) groups is 1. The molecule has 1 aliphatic heterocycles. The number of rotatable bonds is 0. The highest BCUT2D eigenvalue weighted by molar-refractivity contribution is 5.67. The van der Waals surface area contributed by atoms with Crippen LogP contribution in [-0.2, 0) is 0 Å². The minimum atomic E-state index is -0.945. The lowest BCUT2D eigenvalue weighted by atomic mass is 9.73. The first kappa shape index (κ1) is 11.3. The smallest absolute Gasteiger partial charge is 0.407 e. The van der Waals surface area contributed by atoms with Gasteiger partial charge in [0.2, 0.25) is 0 Å². The molecule has 1 heterocycles. The SMILES string of the molecule is CC(C)(C)C1(C)CC(O)CN1C(=O)O. The van der Waals surface area contributed by atoms with Crippen molar-refractivity contribution in [3.63, 3.8) is 0 Å². The van der Waals surface area contributed by atoms with Gasteiger partial charge in [-0.3, -0.25) is 4.90 Å². The molecule has 0 spiro atoms. The zero-order valence-electron chi connectivity index (χ0n) is 9.24. The second-order valence-corrected chi connectivity index (χ2v) is 5.27. The van der Waals surface area contributed by atoms with Crippen LogP contribution in [-0.4, -0.2) is 39.4 Å². The van der Waals surface area contributed by atoms with Crippen LogP contribution in [0.3, 0.4) is 0 Å². The Kier molecular flexibility index (Phi) is 2.52. The number of hydrogen-bond acceptors (Lipinski definition) is 2. The summed E-state index contributed by atoms with van der Waals surface area (Å²) in [5.41, 5.74) is -0.638. The number of hydrogen-bond donors (Lipinski definition) is 2. The number of amides is 1. The van der Waals surface area contributed by atoms with Crippen molar-refractivity contribution >= 4 is 6.09 Å². The summed E-state index contributed by atoms with van der Waals surface area (Å²) in [6.45, 7) is 8.13. The summed E-state index contributed by atoms with van der Waals surface area (Å²) < 4.78 is 0. The molecule has 0 radical (unpaired) electrons. The molecule has 4 nitrogen and oxygen atoms in total. The maximum absolute atomic E-state index is 11.0. The maximum atomic E-state index is 11.0. The van der Waals surface area contributed by atoms with Crippen molar-refractivity contribution in [2.24, 2.45) is 5.41 Å². The molecule has 0 bridgehead atoms. The van der Waals surface area contributed by atoms with Gasteiger partial charge in [0.1, 0.15) is 0 Å². The van der Waals surface area contributed by atoms with Crippen LogP contribution in [0.2, 0.25) is 0 Å². The Bertz CT molecular complexity index is 246. The molecule has 1 aliphatic rings. The zero-order chi connectivity index (χ0) is 11.1. The van der Waals surface area contributed by atoms with Crippen LogP contribution >= 0.6 is 0 Å². The quantitative estimate of drug-likeness (QED) is 0.625. The van der Waals surface area contributed by atoms with Crippen molar-refractivity contribution in [2.45, 2.75) is 45.8 Å². The van der Waals surface area contributed by atoms with E-state index in [0.29, 0.717) is 6.42 Å². The van der Waals surface area contributed by atoms with E-state index in [1.165, 1.54) is 4.90 Å². The van der Waals surface area contributed by atoms with Gasteiger partial charge in [0, 0.05) is 0 Å². The lowest BCUT2D eigenvalue weighted by molar-refractivity contribution is 0.0441. The average Bonchev–Trinajstić information content (AvgIpc) is 2.25. The molecular formula is C10H19NO3. The first-order valence-corrected chi connectivity index (χ1v) is 4.87. The van der Waals surface area contributed by atoms with Gasteiger partial charge in [-0.05, 0) is 18.8 Å². The molecule has 1 amide bonds. The Balaban J connectivity index is 3.01. The fourth-order valence-corrected chi connectivity index (χ4v) is 2.05. The molecule has 1 fully saturated rings. The second kappa shape index (κ2) is 3.12. The molecular weight excluding hydrogens is 182 g/mol. The summed E-state index contributed by atoms with van der Waals surface area (Å²) in [4.78, 5) is 12.4. The first-order chi connectivity index (χ1) is 6.18. The third-order valence-corrected chi connectivity index (χ3v) is 3.47. The lowest BCUT2D eigenvalue weighted by Crippen LogP contribution is -2.52. The fourth-order valence-electron chi connectivity index (χ4n) is 2.05. The van der Waals surface area contributed by atoms with Crippen LogP contribution in [0, 0.1) is 5.41 Å². The number of aliphatic hydroxyl groups is 1. The van der Waals surface area contributed by atoms with Crippen LogP contribution in [0.1, 0.15) is 34.1 Å². The van der Waals surface area contributed by atoms with E-state index in [0.717, 1.165) is 0 Å². The van der Waals surface area contributed by atoms with Gasteiger partial charge in [-0.2, -0.15) is 0 Å². The van der Waals surface area contributed by atoms with Gasteiger partial charge >= 0.3 is 6.09 Å². The molecule has 82 valence electrons. The van der Waals surface area contributed by atoms with E-state index in [4.69, 9.17) is 5.11 Å². The van der Waals surface area contributed by atoms with Crippen LogP contribution in [0.4, 0.5) is 4.79 Å². The first-order valence-electron chi connectivity index (χ1n) is 4.87. The van der Waals surface area contributed by atoms with E-state index in [-0.39, 0.29) is 12.0 Å². The number of likely N-dealkylation sites (tertiary alicyclic amines) is 1. The largest absolute Gasteiger partial charge is 0.465 e. The third-order valence-electron chi connectivity index (χ3n) is 3.47. The molecule has 0 aromatic rings. The fraction of sp³-hybridized carbons (Fsp3) is 0.900. The minimum Gasteiger partial charge on any atom is -0.465 e. The van der Waals surface area contributed by atoms with Crippen LogP contribution in [0.25, 0.3) is 0 Å². The van der Waals surface area contributed by atoms with Gasteiger partial charge < -0.3 is 10.2 Å². The monoisotopic (exact) mass is 201 g/mol. The summed E-state index contributed by atoms with van der Waals surface area (Å²) in [6, 6.07) is 0. The van der Waals surface area contributed by atoms with Crippen LogP contribution in [0.5, 0.6) is 0 Å². The van der Waals surface area contributed by atoms with Crippen molar-refractivity contribution in [2.75, 3.05) is 6.54 Å². The number of carboxylic acid groups (broad SMARTS) is 1. The van der Waals surface area contributed by atoms with E-state index >= 15 is 0 Å². The lowest BCUT2D eigenvalue weighted by Gasteiger charge is -2.44. The van der Waals surface area contributed by atoms with Crippen LogP contribution in [0.15, 0.2) is 0 Å². The van der Waals surface area contributed by atoms with E-state index in [1.807, 2.05) is 27.7 Å². The van der Waals surface area contributed by atoms with E-state index in [1.54, 1.807) is 0 Å². The summed E-state index contributed by atoms with van der Waals surface area (Å²) in [6.07, 6.45) is -0.961. The van der Waals surface area contributed by atoms with Crippen molar-refractivity contribution in [3.8, 4) is 0 Å². The zero-order valence-corrected chi connectivity index (χ0v) is 9.24. The van der Waals surface area contributed by atoms with Gasteiger partial charge in [0.25, 0.3) is 0 Å². The second-order valence-electron chi connectivity index (χ2n) is 5.27. The Morgan fingerprint density at radius 3 is 2.29 bits per heavy atom. The van der Waals surface area contributed by atoms with Crippen molar-refractivity contribution in [1.82, 2.24) is 4.90 Å². The van der Waals surface area contributed by atoms with E-state index in [9.17, 15) is 9.90 Å². The highest BCUT2D eigenvalue weighted by Gasteiger charge is 2.51. The summed E-state index contributed by atoms with van der Waals surface area (Å²) >= 11 is 0. The number of aliphatic hydroxyl groups excluding tert-OH is 1. The molecule has 0 aromatic carbocycles. The third kappa shape index (κ3) is 1.59. The summed E-state index contributed by atoms with van der Waals surface area (Å²) in [5, 5.41) is 18.6. The van der Waals surface area contributed by atoms with Gasteiger partial charge in [0.15, 0.2) is 0 Å². The van der Waals surface area contributed by atoms with E-state index in [2.05, 4.69) is 0 Å². The van der Waals surface area contributed by atoms with Gasteiger partial charge in [-0.1, -0.05) is 20.8 Å². The molecule has 0 aliphatic carbocycles. The molecule has 14 heavy (non-hydrogen) atoms. The summed E-state index contributed by atoms with van der Waals surface area (Å²) in [7, 11) is 0. The molecule has 2 N–H and O–H groups in total. The molecule has 2 unspecified atom stereocenters. The van der Waals surface area contributed by atoms with Gasteiger partial charge in [-0.25, -0.2) is 4.79 Å². The van der Waals surface area contributed by atoms with E-state index < -0.39 is 17.7 Å². The molecule has 0 aromatic heterocycles. The molecule has 4 heteroatoms. The van der Waals surface area contributed by atoms with Crippen LogP contribution < -0.4 is 0 Å². The number of β-amino-alcohol motifs (C(OH)–C–C–N with tert-alkyl or cyclic N) is 1. The van der Waals surface area contributed by atoms with Gasteiger partial charge in [-0.15, -0.1) is 0 Å². The van der Waals surface area contributed by atoms with Gasteiger partial charge in [0.05, 0.1) is 18.2 Å². The normalized spacial score (nSPS) is 33.5. The minimum absolute atomic E-state index is 0.164. The Morgan fingerprint density at radius 2 is 2.00 bits per heavy atom. The Hall–Kier alpha value is -0.770. The summed E-state index contributed by atoms with van der Waals surface area (Å²) in [5.74, 6) is 0. The topological polar surface area (TPSA) is 60.8 Å². The maximum Gasteiger partial charge on any atom is 0.407 e. The predicted molar refractivity (Wildman–Crippen MR) is 53.2 cm³/mol. The van der Waals surface area contributed by atoms with Crippen molar-refractivity contribution in [1.29, 1.82) is 0 Å². The Morgan fingerprint density at radius 1 is 1.50 bits per heavy atom. The molecule has 1 rings (SSSR count). The molecule has 2 atom stereocenters. The standard InChI is InChI=1S/C10H19NO3/c1-9(2,3)10(4)5-7(12)6-11(10)8(13)14/h7,12H,5-6H2,1-4H3,(H,13,14). The molecule has 0 saturated carbocycles. The predicted octanol–water partition coefficient (Wildman–Crippen LogP) is 1.54. The highest BCUT2D eigenvalue weighted by Crippen LogP contribution is 2.43. The van der Waals surface area contributed by atoms with Crippen molar-refractivity contribution in [3.05, 3.63) is 0 Å². The molecule has 1 saturated heterocycles. The average molecular weight is 201 g/mol. The highest BCUT2D eigenvalue weighted by atomic mass is 16.4.